The molecule has 3 nitrogen and oxygen atoms in total. The van der Waals surface area contributed by atoms with Crippen LogP contribution in [0.15, 0.2) is 17.5 Å². The molecule has 0 bridgehead atoms. The van der Waals surface area contributed by atoms with Gasteiger partial charge in [0.2, 0.25) is 5.91 Å². The topological polar surface area (TPSA) is 41.1 Å². The van der Waals surface area contributed by atoms with Gasteiger partial charge in [0.1, 0.15) is 0 Å². The van der Waals surface area contributed by atoms with Crippen molar-refractivity contribution in [1.82, 2.24) is 10.6 Å². The van der Waals surface area contributed by atoms with Gasteiger partial charge in [-0.05, 0) is 44.2 Å². The number of amides is 1. The second kappa shape index (κ2) is 9.98. The van der Waals surface area contributed by atoms with Crippen molar-refractivity contribution in [1.29, 1.82) is 0 Å². The first kappa shape index (κ1) is 16.2. The van der Waals surface area contributed by atoms with E-state index in [2.05, 4.69) is 42.0 Å². The quantitative estimate of drug-likeness (QED) is 0.648. The van der Waals surface area contributed by atoms with Crippen LogP contribution >= 0.6 is 11.3 Å². The van der Waals surface area contributed by atoms with Gasteiger partial charge in [0.05, 0.1) is 0 Å². The Labute approximate surface area is 120 Å². The highest BCUT2D eigenvalue weighted by Gasteiger charge is 2.04. The van der Waals surface area contributed by atoms with Gasteiger partial charge < -0.3 is 10.6 Å². The SMILES string of the molecule is CCN[C@H](C)CNC(=O)CCCCCc1cccs1. The molecule has 4 heteroatoms. The second-order valence-electron chi connectivity index (χ2n) is 4.90. The van der Waals surface area contributed by atoms with Gasteiger partial charge in [-0.3, -0.25) is 4.79 Å². The number of carbonyl (C=O) groups is 1. The van der Waals surface area contributed by atoms with E-state index in [9.17, 15) is 4.79 Å². The number of aryl methyl sites for hydroxylation is 1. The normalized spacial score (nSPS) is 12.3. The van der Waals surface area contributed by atoms with E-state index in [1.165, 1.54) is 11.3 Å². The maximum absolute atomic E-state index is 11.6. The third kappa shape index (κ3) is 8.01. The molecule has 0 aliphatic heterocycles. The molecular formula is C15H26N2OS. The van der Waals surface area contributed by atoms with Crippen LogP contribution in [0.25, 0.3) is 0 Å². The van der Waals surface area contributed by atoms with Crippen LogP contribution in [0.3, 0.4) is 0 Å². The maximum atomic E-state index is 11.6. The summed E-state index contributed by atoms with van der Waals surface area (Å²) in [5.41, 5.74) is 0. The van der Waals surface area contributed by atoms with Crippen molar-refractivity contribution in [3.05, 3.63) is 22.4 Å². The Kier molecular flexibility index (Phi) is 8.50. The summed E-state index contributed by atoms with van der Waals surface area (Å²) in [5.74, 6) is 0.181. The molecule has 0 aliphatic rings. The summed E-state index contributed by atoms with van der Waals surface area (Å²) in [5, 5.41) is 8.37. The molecule has 1 atom stereocenters. The van der Waals surface area contributed by atoms with Crippen LogP contribution < -0.4 is 10.6 Å². The Morgan fingerprint density at radius 1 is 1.37 bits per heavy atom. The highest BCUT2D eigenvalue weighted by molar-refractivity contribution is 7.09. The minimum absolute atomic E-state index is 0.181. The van der Waals surface area contributed by atoms with Crippen LogP contribution in [0.2, 0.25) is 0 Å². The molecule has 0 radical (unpaired) electrons. The highest BCUT2D eigenvalue weighted by atomic mass is 32.1. The van der Waals surface area contributed by atoms with Crippen molar-refractivity contribution in [2.75, 3.05) is 13.1 Å². The van der Waals surface area contributed by atoms with Crippen molar-refractivity contribution < 1.29 is 4.79 Å². The average molecular weight is 282 g/mol. The molecule has 0 saturated carbocycles. The summed E-state index contributed by atoms with van der Waals surface area (Å²) in [7, 11) is 0. The van der Waals surface area contributed by atoms with E-state index in [0.717, 1.165) is 32.4 Å². The number of rotatable bonds is 10. The molecule has 108 valence electrons. The van der Waals surface area contributed by atoms with E-state index in [1.54, 1.807) is 0 Å². The molecule has 1 heterocycles. The van der Waals surface area contributed by atoms with E-state index >= 15 is 0 Å². The Morgan fingerprint density at radius 3 is 2.89 bits per heavy atom. The van der Waals surface area contributed by atoms with Crippen molar-refractivity contribution in [2.24, 2.45) is 0 Å². The van der Waals surface area contributed by atoms with E-state index < -0.39 is 0 Å². The molecule has 0 spiro atoms. The van der Waals surface area contributed by atoms with Gasteiger partial charge in [-0.1, -0.05) is 19.4 Å². The Hall–Kier alpha value is -0.870. The summed E-state index contributed by atoms with van der Waals surface area (Å²) >= 11 is 1.82. The fourth-order valence-electron chi connectivity index (χ4n) is 1.99. The van der Waals surface area contributed by atoms with E-state index in [-0.39, 0.29) is 5.91 Å². The Bertz CT molecular complexity index is 338. The summed E-state index contributed by atoms with van der Waals surface area (Å²) in [6.45, 7) is 5.83. The first-order chi connectivity index (χ1) is 9.22. The van der Waals surface area contributed by atoms with Gasteiger partial charge in [-0.15, -0.1) is 11.3 Å². The third-order valence-electron chi connectivity index (χ3n) is 3.07. The first-order valence-electron chi connectivity index (χ1n) is 7.24. The molecule has 19 heavy (non-hydrogen) atoms. The fourth-order valence-corrected chi connectivity index (χ4v) is 2.74. The van der Waals surface area contributed by atoms with Gasteiger partial charge in [0, 0.05) is 23.9 Å². The lowest BCUT2D eigenvalue weighted by Gasteiger charge is -2.13. The monoisotopic (exact) mass is 282 g/mol. The predicted molar refractivity (Wildman–Crippen MR) is 82.6 cm³/mol. The zero-order chi connectivity index (χ0) is 13.9. The van der Waals surface area contributed by atoms with E-state index in [1.807, 2.05) is 11.3 Å². The highest BCUT2D eigenvalue weighted by Crippen LogP contribution is 2.13. The largest absolute Gasteiger partial charge is 0.355 e. The lowest BCUT2D eigenvalue weighted by Crippen LogP contribution is -2.38. The van der Waals surface area contributed by atoms with Crippen LogP contribution in [0.5, 0.6) is 0 Å². The summed E-state index contributed by atoms with van der Waals surface area (Å²) in [6.07, 6.45) is 5.11. The van der Waals surface area contributed by atoms with Gasteiger partial charge in [0.15, 0.2) is 0 Å². The molecule has 1 aromatic heterocycles. The van der Waals surface area contributed by atoms with Crippen LogP contribution in [-0.4, -0.2) is 25.0 Å². The van der Waals surface area contributed by atoms with Gasteiger partial charge in [0.25, 0.3) is 0 Å². The lowest BCUT2D eigenvalue weighted by molar-refractivity contribution is -0.121. The molecule has 0 saturated heterocycles. The third-order valence-corrected chi connectivity index (χ3v) is 4.00. The fraction of sp³-hybridized carbons (Fsp3) is 0.667. The average Bonchev–Trinajstić information content (AvgIpc) is 2.89. The number of thiophene rings is 1. The maximum Gasteiger partial charge on any atom is 0.220 e. The molecule has 0 unspecified atom stereocenters. The standard InChI is InChI=1S/C15H26N2OS/c1-3-16-13(2)12-17-15(18)10-6-4-5-8-14-9-7-11-19-14/h7,9,11,13,16H,3-6,8,10,12H2,1-2H3,(H,17,18)/t13-/m1/s1. The van der Waals surface area contributed by atoms with Gasteiger partial charge in [-0.25, -0.2) is 0 Å². The molecular weight excluding hydrogens is 256 g/mol. The van der Waals surface area contributed by atoms with Crippen molar-refractivity contribution in [3.63, 3.8) is 0 Å². The molecule has 1 amide bonds. The first-order valence-corrected chi connectivity index (χ1v) is 8.12. The van der Waals surface area contributed by atoms with Crippen LogP contribution in [0.1, 0.15) is 44.4 Å². The zero-order valence-electron chi connectivity index (χ0n) is 12.1. The van der Waals surface area contributed by atoms with Gasteiger partial charge in [-0.2, -0.15) is 0 Å². The van der Waals surface area contributed by atoms with Crippen molar-refractivity contribution in [2.45, 2.75) is 52.0 Å². The Morgan fingerprint density at radius 2 is 2.21 bits per heavy atom. The molecule has 1 rings (SSSR count). The lowest BCUT2D eigenvalue weighted by atomic mass is 10.1. The molecule has 0 fully saturated rings. The van der Waals surface area contributed by atoms with Crippen molar-refractivity contribution in [3.8, 4) is 0 Å². The number of carbonyl (C=O) groups excluding carboxylic acids is 1. The number of nitrogens with one attached hydrogen (secondary N) is 2. The molecule has 0 aromatic carbocycles. The zero-order valence-corrected chi connectivity index (χ0v) is 12.9. The van der Waals surface area contributed by atoms with Crippen LogP contribution in [0, 0.1) is 0 Å². The minimum atomic E-state index is 0.181. The second-order valence-corrected chi connectivity index (χ2v) is 5.94. The summed E-state index contributed by atoms with van der Waals surface area (Å²) in [6, 6.07) is 4.63. The van der Waals surface area contributed by atoms with Crippen LogP contribution in [-0.2, 0) is 11.2 Å². The molecule has 1 aromatic rings. The van der Waals surface area contributed by atoms with Gasteiger partial charge >= 0.3 is 0 Å². The molecule has 0 aliphatic carbocycles. The molecule has 2 N–H and O–H groups in total. The predicted octanol–water partition coefficient (Wildman–Crippen LogP) is 2.97. The minimum Gasteiger partial charge on any atom is -0.355 e. The number of unbranched alkanes of at least 4 members (excludes halogenated alkanes) is 2. The number of hydrogen-bond donors (Lipinski definition) is 2. The van der Waals surface area contributed by atoms with E-state index in [0.29, 0.717) is 12.5 Å². The summed E-state index contributed by atoms with van der Waals surface area (Å²) < 4.78 is 0. The van der Waals surface area contributed by atoms with E-state index in [4.69, 9.17) is 0 Å². The van der Waals surface area contributed by atoms with Crippen LogP contribution in [0.4, 0.5) is 0 Å². The smallest absolute Gasteiger partial charge is 0.220 e. The summed E-state index contributed by atoms with van der Waals surface area (Å²) in [4.78, 5) is 13.1. The number of likely N-dealkylation sites (N-methyl/N-ethyl adjacent to an activating group) is 1. The number of hydrogen-bond acceptors (Lipinski definition) is 3. The Balaban J connectivity index is 1.95. The van der Waals surface area contributed by atoms with Crippen molar-refractivity contribution >= 4 is 17.2 Å².